The number of aryl methyl sites for hydroxylation is 1. The van der Waals surface area contributed by atoms with Gasteiger partial charge in [0.15, 0.2) is 11.6 Å². The van der Waals surface area contributed by atoms with Gasteiger partial charge in [0.1, 0.15) is 0 Å². The zero-order valence-corrected chi connectivity index (χ0v) is 18.4. The molecular weight excluding hydrogens is 438 g/mol. The zero-order valence-electron chi connectivity index (χ0n) is 17.5. The molecule has 2 N–H and O–H groups in total. The predicted octanol–water partition coefficient (Wildman–Crippen LogP) is 3.97. The smallest absolute Gasteiger partial charge is 0.261 e. The van der Waals surface area contributed by atoms with Gasteiger partial charge in [0.25, 0.3) is 10.0 Å². The quantitative estimate of drug-likeness (QED) is 0.396. The normalized spacial score (nSPS) is 11.4. The van der Waals surface area contributed by atoms with Crippen molar-refractivity contribution < 1.29 is 8.42 Å². The van der Waals surface area contributed by atoms with Gasteiger partial charge in [-0.1, -0.05) is 24.3 Å². The molecule has 0 saturated carbocycles. The average Bonchev–Trinajstić information content (AvgIpc) is 3.23. The number of hydrogen-bond acceptors (Lipinski definition) is 7. The molecule has 0 spiro atoms. The maximum absolute atomic E-state index is 12.6. The number of aromatic nitrogens is 5. The molecular formula is C23H19N7O2S. The summed E-state index contributed by atoms with van der Waals surface area (Å²) in [5.41, 5.74) is 3.37. The van der Waals surface area contributed by atoms with Gasteiger partial charge in [-0.2, -0.15) is 5.10 Å². The zero-order chi connectivity index (χ0) is 22.8. The summed E-state index contributed by atoms with van der Waals surface area (Å²) in [4.78, 5) is 13.5. The van der Waals surface area contributed by atoms with E-state index in [4.69, 9.17) is 0 Å². The number of fused-ring (bicyclic) bond motifs is 1. The van der Waals surface area contributed by atoms with Crippen LogP contribution < -0.4 is 10.0 Å². The Bertz CT molecular complexity index is 1550. The van der Waals surface area contributed by atoms with Crippen LogP contribution in [0.5, 0.6) is 0 Å². The highest BCUT2D eigenvalue weighted by atomic mass is 32.2. The molecule has 0 bridgehead atoms. The highest BCUT2D eigenvalue weighted by molar-refractivity contribution is 7.92. The number of hydrogen-bond donors (Lipinski definition) is 2. The second kappa shape index (κ2) is 8.32. The van der Waals surface area contributed by atoms with E-state index < -0.39 is 10.0 Å². The molecule has 0 radical (unpaired) electrons. The van der Waals surface area contributed by atoms with Crippen LogP contribution in [0.1, 0.15) is 0 Å². The van der Waals surface area contributed by atoms with Crippen LogP contribution in [0.3, 0.4) is 0 Å². The van der Waals surface area contributed by atoms with Crippen molar-refractivity contribution in [2.45, 2.75) is 4.90 Å². The maximum atomic E-state index is 12.6. The van der Waals surface area contributed by atoms with Crippen LogP contribution in [0, 0.1) is 0 Å². The average molecular weight is 458 g/mol. The number of benzene rings is 2. The van der Waals surface area contributed by atoms with E-state index in [1.807, 2.05) is 37.5 Å². The van der Waals surface area contributed by atoms with Crippen molar-refractivity contribution in [2.24, 2.45) is 7.05 Å². The highest BCUT2D eigenvalue weighted by Gasteiger charge is 2.14. The number of sulfonamides is 1. The number of nitrogens with zero attached hydrogens (tertiary/aromatic N) is 5. The molecule has 5 rings (SSSR count). The summed E-state index contributed by atoms with van der Waals surface area (Å²) in [5, 5.41) is 7.42. The number of pyridine rings is 1. The lowest BCUT2D eigenvalue weighted by Gasteiger charge is -2.10. The lowest BCUT2D eigenvalue weighted by atomic mass is 10.1. The predicted molar refractivity (Wildman–Crippen MR) is 127 cm³/mol. The van der Waals surface area contributed by atoms with Gasteiger partial charge in [0, 0.05) is 31.1 Å². The van der Waals surface area contributed by atoms with Gasteiger partial charge >= 0.3 is 0 Å². The van der Waals surface area contributed by atoms with Crippen LogP contribution in [0.15, 0.2) is 90.3 Å². The molecule has 0 amide bonds. The minimum Gasteiger partial charge on any atom is -0.322 e. The molecule has 0 unspecified atom stereocenters. The number of anilines is 3. The van der Waals surface area contributed by atoms with E-state index in [1.165, 1.54) is 18.3 Å². The summed E-state index contributed by atoms with van der Waals surface area (Å²) in [6.45, 7) is 0. The summed E-state index contributed by atoms with van der Waals surface area (Å²) in [5.74, 6) is 1.24. The molecule has 0 fully saturated rings. The first-order valence-electron chi connectivity index (χ1n) is 10.0. The third-order valence-corrected chi connectivity index (χ3v) is 6.29. The molecule has 9 nitrogen and oxygen atoms in total. The van der Waals surface area contributed by atoms with Crippen molar-refractivity contribution in [1.29, 1.82) is 0 Å². The minimum atomic E-state index is -3.71. The molecule has 5 aromatic rings. The molecule has 10 heteroatoms. The standard InChI is InChI=1S/C23H19N7O2S/c1-30-10-9-22(28-30)27-23-15-25-20-8-7-16(12-21(20)26-23)17-11-18(14-24-13-17)29-33(31,32)19-5-3-2-4-6-19/h2-15,29H,1H3,(H,26,27,28). The van der Waals surface area contributed by atoms with E-state index in [1.54, 1.807) is 41.3 Å². The molecule has 0 atom stereocenters. The van der Waals surface area contributed by atoms with E-state index in [9.17, 15) is 8.42 Å². The van der Waals surface area contributed by atoms with Crippen LogP contribution in [-0.4, -0.2) is 33.2 Å². The lowest BCUT2D eigenvalue weighted by molar-refractivity contribution is 0.601. The van der Waals surface area contributed by atoms with E-state index in [0.29, 0.717) is 22.8 Å². The van der Waals surface area contributed by atoms with E-state index in [-0.39, 0.29) is 4.90 Å². The Morgan fingerprint density at radius 3 is 2.48 bits per heavy atom. The SMILES string of the molecule is Cn1ccc(Nc2cnc3ccc(-c4cncc(NS(=O)(=O)c5ccccc5)c4)cc3n2)n1. The van der Waals surface area contributed by atoms with Gasteiger partial charge in [0.2, 0.25) is 0 Å². The fourth-order valence-electron chi connectivity index (χ4n) is 3.33. The molecule has 3 heterocycles. The highest BCUT2D eigenvalue weighted by Crippen LogP contribution is 2.26. The third-order valence-electron chi connectivity index (χ3n) is 4.89. The second-order valence-electron chi connectivity index (χ2n) is 7.34. The Morgan fingerprint density at radius 1 is 0.848 bits per heavy atom. The van der Waals surface area contributed by atoms with Gasteiger partial charge in [-0.15, -0.1) is 0 Å². The van der Waals surface area contributed by atoms with Crippen LogP contribution in [0.25, 0.3) is 22.2 Å². The maximum Gasteiger partial charge on any atom is 0.261 e. The minimum absolute atomic E-state index is 0.185. The molecule has 0 aliphatic carbocycles. The Morgan fingerprint density at radius 2 is 1.70 bits per heavy atom. The fourth-order valence-corrected chi connectivity index (χ4v) is 4.39. The van der Waals surface area contributed by atoms with Crippen molar-refractivity contribution >= 4 is 38.4 Å². The topological polar surface area (TPSA) is 115 Å². The first kappa shape index (κ1) is 20.6. The molecule has 33 heavy (non-hydrogen) atoms. The van der Waals surface area contributed by atoms with Crippen LogP contribution >= 0.6 is 0 Å². The number of nitrogens with one attached hydrogen (secondary N) is 2. The molecule has 164 valence electrons. The first-order chi connectivity index (χ1) is 16.0. The summed E-state index contributed by atoms with van der Waals surface area (Å²) in [6, 6.07) is 17.4. The van der Waals surface area contributed by atoms with Crippen molar-refractivity contribution in [3.05, 3.63) is 85.5 Å². The Balaban J connectivity index is 1.44. The van der Waals surface area contributed by atoms with E-state index in [2.05, 4.69) is 30.1 Å². The summed E-state index contributed by atoms with van der Waals surface area (Å²) in [7, 11) is -1.87. The monoisotopic (exact) mass is 457 g/mol. The Kier molecular flexibility index (Phi) is 5.19. The van der Waals surface area contributed by atoms with Crippen molar-refractivity contribution in [1.82, 2.24) is 24.7 Å². The number of rotatable bonds is 6. The van der Waals surface area contributed by atoms with Crippen LogP contribution in [0.4, 0.5) is 17.3 Å². The van der Waals surface area contributed by atoms with E-state index in [0.717, 1.165) is 16.6 Å². The van der Waals surface area contributed by atoms with Crippen molar-refractivity contribution in [3.8, 4) is 11.1 Å². The first-order valence-corrected chi connectivity index (χ1v) is 11.5. The van der Waals surface area contributed by atoms with Gasteiger partial charge in [0.05, 0.1) is 34.0 Å². The van der Waals surface area contributed by atoms with E-state index >= 15 is 0 Å². The summed E-state index contributed by atoms with van der Waals surface area (Å²) in [6.07, 6.45) is 6.63. The largest absolute Gasteiger partial charge is 0.322 e. The molecule has 0 aliphatic rings. The van der Waals surface area contributed by atoms with Crippen molar-refractivity contribution in [3.63, 3.8) is 0 Å². The molecule has 3 aromatic heterocycles. The second-order valence-corrected chi connectivity index (χ2v) is 9.02. The lowest BCUT2D eigenvalue weighted by Crippen LogP contribution is -2.12. The molecule has 0 saturated heterocycles. The summed E-state index contributed by atoms with van der Waals surface area (Å²) >= 11 is 0. The van der Waals surface area contributed by atoms with Gasteiger partial charge in [-0.25, -0.2) is 13.4 Å². The van der Waals surface area contributed by atoms with Gasteiger partial charge in [-0.3, -0.25) is 19.4 Å². The van der Waals surface area contributed by atoms with Crippen LogP contribution in [-0.2, 0) is 17.1 Å². The third kappa shape index (κ3) is 4.51. The van der Waals surface area contributed by atoms with Gasteiger partial charge in [-0.05, 0) is 35.9 Å². The summed E-state index contributed by atoms with van der Waals surface area (Å²) < 4.78 is 29.6. The van der Waals surface area contributed by atoms with Crippen molar-refractivity contribution in [2.75, 3.05) is 10.0 Å². The van der Waals surface area contributed by atoms with Gasteiger partial charge < -0.3 is 5.32 Å². The Labute approximate surface area is 190 Å². The Hall–Kier alpha value is -4.31. The fraction of sp³-hybridized carbons (Fsp3) is 0.0435. The molecule has 0 aliphatic heterocycles. The molecule has 2 aromatic carbocycles. The van der Waals surface area contributed by atoms with Crippen LogP contribution in [0.2, 0.25) is 0 Å².